The lowest BCUT2D eigenvalue weighted by Crippen LogP contribution is -2.49. The van der Waals surface area contributed by atoms with Crippen molar-refractivity contribution in [2.24, 2.45) is 5.92 Å². The summed E-state index contributed by atoms with van der Waals surface area (Å²) in [6.45, 7) is 0.975. The van der Waals surface area contributed by atoms with E-state index in [2.05, 4.69) is 0 Å². The Kier molecular flexibility index (Phi) is 6.86. The highest BCUT2D eigenvalue weighted by Gasteiger charge is 2.36. The van der Waals surface area contributed by atoms with E-state index in [1.54, 1.807) is 19.2 Å². The maximum absolute atomic E-state index is 13.5. The second-order valence-corrected chi connectivity index (χ2v) is 10.9. The molecule has 2 unspecified atom stereocenters. The van der Waals surface area contributed by atoms with E-state index >= 15 is 0 Å². The van der Waals surface area contributed by atoms with Crippen LogP contribution in [0.5, 0.6) is 5.75 Å². The monoisotopic (exact) mass is 456 g/mol. The van der Waals surface area contributed by atoms with Gasteiger partial charge in [0.15, 0.2) is 0 Å². The molecule has 0 N–H and O–H groups in total. The summed E-state index contributed by atoms with van der Waals surface area (Å²) in [6.07, 6.45) is 6.80. The van der Waals surface area contributed by atoms with Crippen LogP contribution in [0, 0.1) is 5.92 Å². The van der Waals surface area contributed by atoms with Crippen molar-refractivity contribution in [2.45, 2.75) is 56.0 Å². The van der Waals surface area contributed by atoms with Gasteiger partial charge in [0.25, 0.3) is 5.91 Å². The Bertz CT molecular complexity index is 1050. The fourth-order valence-electron chi connectivity index (χ4n) is 5.15. The van der Waals surface area contributed by atoms with Crippen LogP contribution in [0.1, 0.15) is 54.4 Å². The van der Waals surface area contributed by atoms with Gasteiger partial charge in [-0.1, -0.05) is 43.2 Å². The van der Waals surface area contributed by atoms with Crippen LogP contribution in [0.25, 0.3) is 0 Å². The third-order valence-electron chi connectivity index (χ3n) is 6.85. The molecule has 2 aromatic carbocycles. The molecule has 1 saturated heterocycles. The van der Waals surface area contributed by atoms with Crippen molar-refractivity contribution in [1.82, 2.24) is 9.21 Å². The van der Waals surface area contributed by atoms with Gasteiger partial charge in [0.05, 0.1) is 7.11 Å². The number of hydrogen-bond acceptors (Lipinski definition) is 4. The van der Waals surface area contributed by atoms with E-state index in [1.165, 1.54) is 36.7 Å². The van der Waals surface area contributed by atoms with Crippen LogP contribution in [0.15, 0.2) is 53.4 Å². The highest BCUT2D eigenvalue weighted by molar-refractivity contribution is 7.89. The summed E-state index contributed by atoms with van der Waals surface area (Å²) in [4.78, 5) is 15.5. The van der Waals surface area contributed by atoms with Crippen LogP contribution in [0.2, 0.25) is 0 Å². The van der Waals surface area contributed by atoms with Crippen molar-refractivity contribution >= 4 is 15.9 Å². The number of carbonyl (C=O) groups excluding carboxylic acids is 1. The molecule has 32 heavy (non-hydrogen) atoms. The van der Waals surface area contributed by atoms with Gasteiger partial charge in [0.1, 0.15) is 10.6 Å². The molecule has 4 rings (SSSR count). The van der Waals surface area contributed by atoms with E-state index in [9.17, 15) is 13.2 Å². The van der Waals surface area contributed by atoms with E-state index in [1.807, 2.05) is 35.2 Å². The van der Waals surface area contributed by atoms with Crippen molar-refractivity contribution in [3.05, 3.63) is 59.7 Å². The molecule has 7 heteroatoms. The molecule has 1 aliphatic carbocycles. The molecule has 1 saturated carbocycles. The minimum Gasteiger partial charge on any atom is -0.495 e. The minimum absolute atomic E-state index is 0.0292. The van der Waals surface area contributed by atoms with Gasteiger partial charge >= 0.3 is 0 Å². The van der Waals surface area contributed by atoms with Crippen LogP contribution >= 0.6 is 0 Å². The number of methoxy groups -OCH3 is 1. The number of nitrogens with zero attached hydrogens (tertiary/aromatic N) is 2. The third kappa shape index (κ3) is 4.55. The standard InChI is InChI=1S/C25H32N2O4S/c1-26(18-19-9-4-3-5-10-19)32(29,30)24-17-21(14-15-23(24)31-2)25(28)27-16-8-12-20-11-6-7-13-22(20)27/h3-5,9-10,14-15,17,20,22H,6-8,11-13,16,18H2,1-2H3. The van der Waals surface area contributed by atoms with E-state index in [0.717, 1.165) is 31.4 Å². The fourth-order valence-corrected chi connectivity index (χ4v) is 6.48. The molecule has 2 fully saturated rings. The minimum atomic E-state index is -3.85. The smallest absolute Gasteiger partial charge is 0.254 e. The molecule has 0 radical (unpaired) electrons. The SMILES string of the molecule is COc1ccc(C(=O)N2CCCC3CCCCC32)cc1S(=O)(=O)N(C)Cc1ccccc1. The van der Waals surface area contributed by atoms with Gasteiger partial charge < -0.3 is 9.64 Å². The van der Waals surface area contributed by atoms with E-state index in [-0.39, 0.29) is 29.1 Å². The zero-order valence-corrected chi connectivity index (χ0v) is 19.7. The molecule has 6 nitrogen and oxygen atoms in total. The molecule has 0 spiro atoms. The lowest BCUT2D eigenvalue weighted by atomic mass is 9.78. The maximum atomic E-state index is 13.5. The van der Waals surface area contributed by atoms with Crippen molar-refractivity contribution in [3.63, 3.8) is 0 Å². The Morgan fingerprint density at radius 1 is 1.06 bits per heavy atom. The second kappa shape index (κ2) is 9.63. The first-order chi connectivity index (χ1) is 15.4. The molecule has 172 valence electrons. The van der Waals surface area contributed by atoms with E-state index in [0.29, 0.717) is 11.5 Å². The first-order valence-corrected chi connectivity index (χ1v) is 12.8. The number of piperidine rings is 1. The largest absolute Gasteiger partial charge is 0.495 e. The Hall–Kier alpha value is -2.38. The van der Waals surface area contributed by atoms with Crippen LogP contribution in [0.3, 0.4) is 0 Å². The first kappa shape index (κ1) is 22.8. The molecule has 0 aromatic heterocycles. The Morgan fingerprint density at radius 3 is 2.53 bits per heavy atom. The Morgan fingerprint density at radius 2 is 1.78 bits per heavy atom. The Labute approximate surface area is 191 Å². The number of carbonyl (C=O) groups is 1. The lowest BCUT2D eigenvalue weighted by molar-refractivity contribution is 0.0390. The molecule has 2 aliphatic rings. The van der Waals surface area contributed by atoms with Gasteiger partial charge in [0, 0.05) is 31.7 Å². The summed E-state index contributed by atoms with van der Waals surface area (Å²) < 4.78 is 33.5. The number of hydrogen-bond donors (Lipinski definition) is 0. The predicted molar refractivity (Wildman–Crippen MR) is 124 cm³/mol. The van der Waals surface area contributed by atoms with Gasteiger partial charge in [-0.2, -0.15) is 4.31 Å². The third-order valence-corrected chi connectivity index (χ3v) is 8.68. The predicted octanol–water partition coefficient (Wildman–Crippen LogP) is 4.31. The van der Waals surface area contributed by atoms with Gasteiger partial charge in [-0.15, -0.1) is 0 Å². The molecule has 2 atom stereocenters. The van der Waals surface area contributed by atoms with Crippen molar-refractivity contribution in [1.29, 1.82) is 0 Å². The van der Waals surface area contributed by atoms with Crippen LogP contribution < -0.4 is 4.74 Å². The topological polar surface area (TPSA) is 66.9 Å². The quantitative estimate of drug-likeness (QED) is 0.650. The van der Waals surface area contributed by atoms with E-state index < -0.39 is 10.0 Å². The number of benzene rings is 2. The van der Waals surface area contributed by atoms with Gasteiger partial charge in [0.2, 0.25) is 10.0 Å². The normalized spacial score (nSPS) is 21.3. The highest BCUT2D eigenvalue weighted by atomic mass is 32.2. The number of likely N-dealkylation sites (tertiary alicyclic amines) is 1. The molecule has 1 heterocycles. The molecule has 2 aromatic rings. The van der Waals surface area contributed by atoms with Crippen LogP contribution in [-0.4, -0.2) is 50.3 Å². The van der Waals surface area contributed by atoms with Crippen molar-refractivity contribution in [3.8, 4) is 5.75 Å². The summed E-state index contributed by atoms with van der Waals surface area (Å²) in [5.74, 6) is 0.738. The number of sulfonamides is 1. The summed E-state index contributed by atoms with van der Waals surface area (Å²) in [5, 5.41) is 0. The molecule has 0 bridgehead atoms. The summed E-state index contributed by atoms with van der Waals surface area (Å²) in [5.41, 5.74) is 1.30. The number of rotatable bonds is 6. The molecular weight excluding hydrogens is 424 g/mol. The molecule has 1 aliphatic heterocycles. The maximum Gasteiger partial charge on any atom is 0.254 e. The van der Waals surface area contributed by atoms with Gasteiger partial charge in [-0.25, -0.2) is 8.42 Å². The lowest BCUT2D eigenvalue weighted by Gasteiger charge is -2.44. The zero-order chi connectivity index (χ0) is 22.7. The van der Waals surface area contributed by atoms with Gasteiger partial charge in [-0.3, -0.25) is 4.79 Å². The fraction of sp³-hybridized carbons (Fsp3) is 0.480. The first-order valence-electron chi connectivity index (χ1n) is 11.4. The zero-order valence-electron chi connectivity index (χ0n) is 18.9. The molecular formula is C25H32N2O4S. The Balaban J connectivity index is 1.62. The van der Waals surface area contributed by atoms with Gasteiger partial charge in [-0.05, 0) is 55.4 Å². The average Bonchev–Trinajstić information content (AvgIpc) is 2.83. The summed E-state index contributed by atoms with van der Waals surface area (Å²) in [7, 11) is -0.855. The highest BCUT2D eigenvalue weighted by Crippen LogP contribution is 2.36. The van der Waals surface area contributed by atoms with Crippen LogP contribution in [-0.2, 0) is 16.6 Å². The number of ether oxygens (including phenoxy) is 1. The number of fused-ring (bicyclic) bond motifs is 1. The van der Waals surface area contributed by atoms with Crippen LogP contribution in [0.4, 0.5) is 0 Å². The van der Waals surface area contributed by atoms with Crippen molar-refractivity contribution < 1.29 is 17.9 Å². The summed E-state index contributed by atoms with van der Waals surface area (Å²) in [6, 6.07) is 14.5. The second-order valence-electron chi connectivity index (χ2n) is 8.86. The number of amides is 1. The van der Waals surface area contributed by atoms with Crippen molar-refractivity contribution in [2.75, 3.05) is 20.7 Å². The summed E-state index contributed by atoms with van der Waals surface area (Å²) >= 11 is 0. The van der Waals surface area contributed by atoms with E-state index in [4.69, 9.17) is 4.74 Å². The molecule has 1 amide bonds. The average molecular weight is 457 g/mol.